The second-order valence-electron chi connectivity index (χ2n) is 1.91. The monoisotopic (exact) mass is 115 g/mol. The molecule has 0 aliphatic carbocycles. The molecule has 2 nitrogen and oxygen atoms in total. The van der Waals surface area contributed by atoms with Crippen molar-refractivity contribution in [3.63, 3.8) is 0 Å². The predicted molar refractivity (Wildman–Crippen MR) is 34.5 cm³/mol. The van der Waals surface area contributed by atoms with Gasteiger partial charge in [0.1, 0.15) is 0 Å². The molecule has 8 heavy (non-hydrogen) atoms. The van der Waals surface area contributed by atoms with Crippen LogP contribution in [-0.2, 0) is 0 Å². The zero-order valence-corrected chi connectivity index (χ0v) is 5.44. The van der Waals surface area contributed by atoms with Crippen molar-refractivity contribution in [3.05, 3.63) is 12.3 Å². The van der Waals surface area contributed by atoms with Gasteiger partial charge in [0, 0.05) is 19.2 Å². The van der Waals surface area contributed by atoms with Gasteiger partial charge in [-0.3, -0.25) is 0 Å². The molecule has 0 radical (unpaired) electrons. The van der Waals surface area contributed by atoms with E-state index >= 15 is 0 Å². The van der Waals surface area contributed by atoms with Crippen molar-refractivity contribution >= 4 is 0 Å². The maximum absolute atomic E-state index is 8.75. The SMILES string of the molecule is C=C(CC(C)O)NC. The summed E-state index contributed by atoms with van der Waals surface area (Å²) in [4.78, 5) is 0. The second-order valence-corrected chi connectivity index (χ2v) is 1.91. The normalized spacial score (nSPS) is 12.9. The Labute approximate surface area is 50.2 Å². The molecule has 1 atom stereocenters. The number of hydrogen-bond donors (Lipinski definition) is 2. The van der Waals surface area contributed by atoms with Gasteiger partial charge in [-0.15, -0.1) is 0 Å². The minimum absolute atomic E-state index is 0.282. The van der Waals surface area contributed by atoms with Gasteiger partial charge in [0.15, 0.2) is 0 Å². The summed E-state index contributed by atoms with van der Waals surface area (Å²) < 4.78 is 0. The molecule has 0 saturated carbocycles. The Morgan fingerprint density at radius 3 is 2.50 bits per heavy atom. The van der Waals surface area contributed by atoms with Crippen molar-refractivity contribution in [1.82, 2.24) is 5.32 Å². The second kappa shape index (κ2) is 3.50. The molecule has 0 saturated heterocycles. The van der Waals surface area contributed by atoms with Crippen molar-refractivity contribution in [3.8, 4) is 0 Å². The van der Waals surface area contributed by atoms with Crippen LogP contribution in [0.15, 0.2) is 12.3 Å². The van der Waals surface area contributed by atoms with E-state index in [1.54, 1.807) is 14.0 Å². The minimum Gasteiger partial charge on any atom is -0.393 e. The van der Waals surface area contributed by atoms with Crippen molar-refractivity contribution in [1.29, 1.82) is 0 Å². The lowest BCUT2D eigenvalue weighted by molar-refractivity contribution is 0.193. The molecular weight excluding hydrogens is 102 g/mol. The fourth-order valence-corrected chi connectivity index (χ4v) is 0.459. The Morgan fingerprint density at radius 2 is 2.38 bits per heavy atom. The Balaban J connectivity index is 3.25. The number of rotatable bonds is 3. The molecule has 0 aliphatic rings. The highest BCUT2D eigenvalue weighted by molar-refractivity contribution is 4.90. The lowest BCUT2D eigenvalue weighted by atomic mass is 10.2. The van der Waals surface area contributed by atoms with Gasteiger partial charge in [-0.25, -0.2) is 0 Å². The highest BCUT2D eigenvalue weighted by atomic mass is 16.3. The summed E-state index contributed by atoms with van der Waals surface area (Å²) in [5.74, 6) is 0. The third-order valence-corrected chi connectivity index (χ3v) is 0.895. The summed E-state index contributed by atoms with van der Waals surface area (Å²) >= 11 is 0. The maximum Gasteiger partial charge on any atom is 0.0566 e. The van der Waals surface area contributed by atoms with Crippen LogP contribution in [0.5, 0.6) is 0 Å². The average molecular weight is 115 g/mol. The van der Waals surface area contributed by atoms with Crippen LogP contribution >= 0.6 is 0 Å². The van der Waals surface area contributed by atoms with E-state index in [9.17, 15) is 0 Å². The van der Waals surface area contributed by atoms with E-state index in [1.165, 1.54) is 0 Å². The highest BCUT2D eigenvalue weighted by Crippen LogP contribution is 1.95. The van der Waals surface area contributed by atoms with Crippen molar-refractivity contribution in [2.45, 2.75) is 19.4 Å². The molecule has 0 rings (SSSR count). The Morgan fingerprint density at radius 1 is 1.88 bits per heavy atom. The molecule has 0 aromatic heterocycles. The third kappa shape index (κ3) is 3.68. The molecule has 1 unspecified atom stereocenters. The summed E-state index contributed by atoms with van der Waals surface area (Å²) in [5, 5.41) is 11.6. The Bertz CT molecular complexity index is 78.6. The Hall–Kier alpha value is -0.500. The van der Waals surface area contributed by atoms with Crippen molar-refractivity contribution in [2.75, 3.05) is 7.05 Å². The molecule has 0 spiro atoms. The fraction of sp³-hybridized carbons (Fsp3) is 0.667. The summed E-state index contributed by atoms with van der Waals surface area (Å²) in [6.07, 6.45) is 0.353. The van der Waals surface area contributed by atoms with Gasteiger partial charge in [-0.2, -0.15) is 0 Å². The van der Waals surface area contributed by atoms with E-state index in [4.69, 9.17) is 5.11 Å². The zero-order chi connectivity index (χ0) is 6.57. The van der Waals surface area contributed by atoms with Crippen LogP contribution in [0, 0.1) is 0 Å². The fourth-order valence-electron chi connectivity index (χ4n) is 0.459. The van der Waals surface area contributed by atoms with Gasteiger partial charge < -0.3 is 10.4 Å². The number of nitrogens with one attached hydrogen (secondary N) is 1. The smallest absolute Gasteiger partial charge is 0.0566 e. The molecule has 0 aromatic carbocycles. The molecule has 48 valence electrons. The molecule has 0 bridgehead atoms. The summed E-state index contributed by atoms with van der Waals surface area (Å²) in [7, 11) is 1.80. The lowest BCUT2D eigenvalue weighted by Gasteiger charge is -2.05. The van der Waals surface area contributed by atoms with Crippen LogP contribution in [0.1, 0.15) is 13.3 Å². The van der Waals surface area contributed by atoms with Gasteiger partial charge in [-0.05, 0) is 6.92 Å². The van der Waals surface area contributed by atoms with Gasteiger partial charge >= 0.3 is 0 Å². The molecule has 0 aliphatic heterocycles. The molecule has 2 N–H and O–H groups in total. The number of aliphatic hydroxyl groups excluding tert-OH is 1. The molecule has 0 aromatic rings. The maximum atomic E-state index is 8.75. The summed E-state index contributed by atoms with van der Waals surface area (Å²) in [6.45, 7) is 5.38. The van der Waals surface area contributed by atoms with Crippen LogP contribution < -0.4 is 5.32 Å². The van der Waals surface area contributed by atoms with Crippen molar-refractivity contribution in [2.24, 2.45) is 0 Å². The average Bonchev–Trinajstić information content (AvgIpc) is 1.65. The summed E-state index contributed by atoms with van der Waals surface area (Å²) in [6, 6.07) is 0. The standard InChI is InChI=1S/C6H13NO/c1-5(7-3)4-6(2)8/h6-8H,1,4H2,2-3H3. The lowest BCUT2D eigenvalue weighted by Crippen LogP contribution is -2.10. The van der Waals surface area contributed by atoms with E-state index in [0.717, 1.165) is 5.70 Å². The summed E-state index contributed by atoms with van der Waals surface area (Å²) in [5.41, 5.74) is 0.875. The van der Waals surface area contributed by atoms with Gasteiger partial charge in [0.2, 0.25) is 0 Å². The zero-order valence-electron chi connectivity index (χ0n) is 5.44. The molecule has 0 heterocycles. The van der Waals surface area contributed by atoms with Crippen LogP contribution in [0.25, 0.3) is 0 Å². The number of aliphatic hydroxyl groups is 1. The van der Waals surface area contributed by atoms with Crippen LogP contribution in [-0.4, -0.2) is 18.3 Å². The first-order valence-corrected chi connectivity index (χ1v) is 2.70. The minimum atomic E-state index is -0.282. The predicted octanol–water partition coefficient (Wildman–Crippen LogP) is 0.490. The Kier molecular flexibility index (Phi) is 3.28. The molecule has 0 amide bonds. The molecule has 2 heteroatoms. The first kappa shape index (κ1) is 7.50. The van der Waals surface area contributed by atoms with E-state index in [-0.39, 0.29) is 6.10 Å². The first-order valence-electron chi connectivity index (χ1n) is 2.70. The van der Waals surface area contributed by atoms with E-state index < -0.39 is 0 Å². The van der Waals surface area contributed by atoms with Crippen LogP contribution in [0.4, 0.5) is 0 Å². The van der Waals surface area contributed by atoms with E-state index in [0.29, 0.717) is 6.42 Å². The van der Waals surface area contributed by atoms with Crippen LogP contribution in [0.3, 0.4) is 0 Å². The van der Waals surface area contributed by atoms with Gasteiger partial charge in [0.25, 0.3) is 0 Å². The van der Waals surface area contributed by atoms with Gasteiger partial charge in [0.05, 0.1) is 6.10 Å². The van der Waals surface area contributed by atoms with Crippen LogP contribution in [0.2, 0.25) is 0 Å². The molecule has 0 fully saturated rings. The largest absolute Gasteiger partial charge is 0.393 e. The van der Waals surface area contributed by atoms with Gasteiger partial charge in [-0.1, -0.05) is 6.58 Å². The molecular formula is C6H13NO. The van der Waals surface area contributed by atoms with Crippen molar-refractivity contribution < 1.29 is 5.11 Å². The topological polar surface area (TPSA) is 32.3 Å². The van der Waals surface area contributed by atoms with E-state index in [1.807, 2.05) is 0 Å². The quantitative estimate of drug-likeness (QED) is 0.561. The third-order valence-electron chi connectivity index (χ3n) is 0.895. The number of hydrogen-bond acceptors (Lipinski definition) is 2. The first-order chi connectivity index (χ1) is 3.66. The van der Waals surface area contributed by atoms with E-state index in [2.05, 4.69) is 11.9 Å². The highest BCUT2D eigenvalue weighted by Gasteiger charge is 1.95.